The molecule has 0 spiro atoms. The van der Waals surface area contributed by atoms with Crippen LogP contribution in [-0.2, 0) is 0 Å². The molecule has 0 aromatic heterocycles. The molecule has 0 unspecified atom stereocenters. The molecule has 41 heavy (non-hydrogen) atoms. The van der Waals surface area contributed by atoms with E-state index in [1.54, 1.807) is 8.92 Å². The third kappa shape index (κ3) is 6.08. The Balaban J connectivity index is 1.19. The van der Waals surface area contributed by atoms with E-state index >= 15 is 0 Å². The number of benzene rings is 2. The Hall–Kier alpha value is -0.521. The van der Waals surface area contributed by atoms with Crippen LogP contribution in [0.25, 0.3) is 0 Å². The molecule has 2 heteroatoms. The summed E-state index contributed by atoms with van der Waals surface area (Å²) in [4.78, 5) is 0. The molecule has 0 radical (unpaired) electrons. The quantitative estimate of drug-likeness (QED) is 0.232. The minimum absolute atomic E-state index is 0.534. The SMILES string of the molecule is CC(C)CCC[C@@H](C)[C@H]1CC[C@H]2[C@@H]3CC[C@H]4CC([Se]c5ccccc5)([Se]c5ccccc5)CC[C@]4(C)[C@H]3CC[C@]12C. The number of rotatable bonds is 9. The van der Waals surface area contributed by atoms with Gasteiger partial charge in [-0.15, -0.1) is 0 Å². The summed E-state index contributed by atoms with van der Waals surface area (Å²) < 4.78 is 3.79. The first-order valence-electron chi connectivity index (χ1n) is 17.2. The van der Waals surface area contributed by atoms with E-state index in [1.807, 2.05) is 0 Å². The van der Waals surface area contributed by atoms with E-state index < -0.39 is 0 Å². The average Bonchev–Trinajstić information content (AvgIpc) is 3.32. The summed E-state index contributed by atoms with van der Waals surface area (Å²) in [6, 6.07) is 23.2. The van der Waals surface area contributed by atoms with E-state index in [1.165, 1.54) is 77.0 Å². The molecule has 0 aliphatic heterocycles. The topological polar surface area (TPSA) is 0 Å². The Morgan fingerprint density at radius 2 is 1.32 bits per heavy atom. The minimum atomic E-state index is 0.534. The maximum atomic E-state index is 2.80. The molecule has 0 N–H and O–H groups in total. The zero-order valence-corrected chi connectivity index (χ0v) is 30.0. The van der Waals surface area contributed by atoms with E-state index in [-0.39, 0.29) is 0 Å². The molecular weight excluding hydrogens is 626 g/mol. The van der Waals surface area contributed by atoms with Gasteiger partial charge in [0.2, 0.25) is 0 Å². The van der Waals surface area contributed by atoms with Gasteiger partial charge in [0.25, 0.3) is 0 Å². The third-order valence-corrected chi connectivity index (χ3v) is 20.0. The monoisotopic (exact) mass is 684 g/mol. The predicted octanol–water partition coefficient (Wildman–Crippen LogP) is 9.28. The molecule has 0 saturated heterocycles. The molecule has 0 amide bonds. The van der Waals surface area contributed by atoms with Gasteiger partial charge in [-0.25, -0.2) is 0 Å². The summed E-state index contributed by atoms with van der Waals surface area (Å²) >= 11 is 1.11. The Bertz CT molecular complexity index is 1090. The van der Waals surface area contributed by atoms with Crippen LogP contribution in [-0.4, -0.2) is 29.9 Å². The van der Waals surface area contributed by atoms with E-state index in [4.69, 9.17) is 0 Å². The fourth-order valence-corrected chi connectivity index (χ4v) is 18.6. The summed E-state index contributed by atoms with van der Waals surface area (Å²) in [7, 11) is 0. The number of hydrogen-bond acceptors (Lipinski definition) is 0. The second-order valence-corrected chi connectivity index (χ2v) is 23.1. The van der Waals surface area contributed by atoms with Gasteiger partial charge in [0, 0.05) is 0 Å². The van der Waals surface area contributed by atoms with Crippen LogP contribution < -0.4 is 8.92 Å². The van der Waals surface area contributed by atoms with Crippen LogP contribution in [0.2, 0.25) is 3.21 Å². The van der Waals surface area contributed by atoms with Crippen LogP contribution in [0.3, 0.4) is 0 Å². The van der Waals surface area contributed by atoms with Crippen LogP contribution in [0.4, 0.5) is 0 Å². The third-order valence-electron chi connectivity index (χ3n) is 13.0. The van der Waals surface area contributed by atoms with Crippen molar-refractivity contribution in [1.82, 2.24) is 0 Å². The van der Waals surface area contributed by atoms with Gasteiger partial charge in [0.15, 0.2) is 0 Å². The van der Waals surface area contributed by atoms with Crippen LogP contribution >= 0.6 is 0 Å². The summed E-state index contributed by atoms with van der Waals surface area (Å²) in [5, 5.41) is 0. The zero-order valence-electron chi connectivity index (χ0n) is 26.6. The van der Waals surface area contributed by atoms with Crippen molar-refractivity contribution in [3.63, 3.8) is 0 Å². The zero-order chi connectivity index (χ0) is 28.7. The van der Waals surface area contributed by atoms with Gasteiger partial charge < -0.3 is 0 Å². The average molecular weight is 683 g/mol. The van der Waals surface area contributed by atoms with Crippen molar-refractivity contribution in [3.05, 3.63) is 60.7 Å². The van der Waals surface area contributed by atoms with Gasteiger partial charge in [-0.3, -0.25) is 0 Å². The van der Waals surface area contributed by atoms with Crippen molar-refractivity contribution in [2.75, 3.05) is 0 Å². The first-order valence-corrected chi connectivity index (χ1v) is 20.6. The van der Waals surface area contributed by atoms with Gasteiger partial charge >= 0.3 is 240 Å². The molecule has 2 aromatic rings. The van der Waals surface area contributed by atoms with E-state index in [0.717, 1.165) is 41.4 Å². The van der Waals surface area contributed by atoms with Crippen LogP contribution in [0.15, 0.2) is 60.7 Å². The van der Waals surface area contributed by atoms with Gasteiger partial charge in [-0.2, -0.15) is 0 Å². The van der Waals surface area contributed by atoms with Gasteiger partial charge in [0.05, 0.1) is 0 Å². The van der Waals surface area contributed by atoms with Crippen molar-refractivity contribution in [2.24, 2.45) is 52.3 Å². The van der Waals surface area contributed by atoms with Gasteiger partial charge in [-0.05, 0) is 5.92 Å². The van der Waals surface area contributed by atoms with Crippen LogP contribution in [0.5, 0.6) is 0 Å². The van der Waals surface area contributed by atoms with Crippen molar-refractivity contribution in [1.29, 1.82) is 0 Å². The van der Waals surface area contributed by atoms with E-state index in [9.17, 15) is 0 Å². The Labute approximate surface area is 265 Å². The Morgan fingerprint density at radius 3 is 1.95 bits per heavy atom. The number of fused-ring (bicyclic) bond motifs is 5. The molecule has 4 aliphatic carbocycles. The molecule has 0 nitrogen and oxygen atoms in total. The molecule has 4 fully saturated rings. The summed E-state index contributed by atoms with van der Waals surface area (Å²) in [6.45, 7) is 13.0. The van der Waals surface area contributed by atoms with Crippen LogP contribution in [0.1, 0.15) is 112 Å². The first kappa shape index (κ1) is 30.5. The summed E-state index contributed by atoms with van der Waals surface area (Å²) in [6.07, 6.45) is 17.9. The van der Waals surface area contributed by atoms with Gasteiger partial charge in [0.1, 0.15) is 0 Å². The standard InChI is InChI=1S/C39H56Se2/c1-28(2)13-12-14-29(3)34-21-22-35-33-20-19-30-27-39(40-31-15-8-6-9-16-31,41-32-17-10-7-11-18-32)26-25-37(30,4)36(33)23-24-38(34,35)5/h6-11,15-18,28-30,33-36H,12-14,19-27H2,1-5H3/t29-,30+,33+,34-,35+,36+,37+,38-/m1/s1. The van der Waals surface area contributed by atoms with Crippen molar-refractivity contribution >= 4 is 38.8 Å². The fraction of sp³-hybridized carbons (Fsp3) is 0.692. The summed E-state index contributed by atoms with van der Waals surface area (Å²) in [5.74, 6) is 6.69. The molecule has 4 aliphatic rings. The first-order chi connectivity index (χ1) is 19.7. The fourth-order valence-electron chi connectivity index (χ4n) is 10.8. The molecule has 6 rings (SSSR count). The summed E-state index contributed by atoms with van der Waals surface area (Å²) in [5.41, 5.74) is 1.20. The molecule has 2 aromatic carbocycles. The molecule has 0 bridgehead atoms. The Kier molecular flexibility index (Phi) is 9.27. The Morgan fingerprint density at radius 1 is 0.683 bits per heavy atom. The molecule has 8 atom stereocenters. The van der Waals surface area contributed by atoms with Crippen molar-refractivity contribution < 1.29 is 0 Å². The number of hydrogen-bond donors (Lipinski definition) is 0. The molecular formula is C39H56Se2. The normalized spacial score (nSPS) is 36.8. The van der Waals surface area contributed by atoms with E-state index in [2.05, 4.69) is 95.3 Å². The van der Waals surface area contributed by atoms with Crippen molar-refractivity contribution in [3.8, 4) is 0 Å². The van der Waals surface area contributed by atoms with Crippen molar-refractivity contribution in [2.45, 2.75) is 115 Å². The van der Waals surface area contributed by atoms with E-state index in [0.29, 0.717) is 44.0 Å². The molecule has 0 heterocycles. The molecule has 4 saturated carbocycles. The second-order valence-electron chi connectivity index (χ2n) is 15.6. The van der Waals surface area contributed by atoms with Gasteiger partial charge in [-0.1, -0.05) is 20.3 Å². The van der Waals surface area contributed by atoms with Crippen LogP contribution in [0, 0.1) is 52.3 Å². The molecule has 224 valence electrons. The second kappa shape index (κ2) is 12.5. The predicted molar refractivity (Wildman–Crippen MR) is 179 cm³/mol. The maximum absolute atomic E-state index is 2.80.